The van der Waals surface area contributed by atoms with Gasteiger partial charge in [0.15, 0.2) is 0 Å². The highest BCUT2D eigenvalue weighted by Gasteiger charge is 2.13. The second-order valence-corrected chi connectivity index (χ2v) is 6.35. The van der Waals surface area contributed by atoms with Crippen LogP contribution in [-0.2, 0) is 4.79 Å². The fourth-order valence-electron chi connectivity index (χ4n) is 1.77. The lowest BCUT2D eigenvalue weighted by Crippen LogP contribution is -2.29. The molecule has 0 spiro atoms. The van der Waals surface area contributed by atoms with E-state index in [0.717, 1.165) is 16.9 Å². The van der Waals surface area contributed by atoms with Crippen LogP contribution in [0.5, 0.6) is 0 Å². The van der Waals surface area contributed by atoms with Gasteiger partial charge in [0.25, 0.3) is 0 Å². The molecule has 5 heteroatoms. The number of carbonyl (C=O) groups excluding carboxylic acids is 1. The molecule has 1 unspecified atom stereocenters. The molecular weight excluding hydrogens is 258 g/mol. The molecule has 0 aliphatic rings. The molecule has 1 atom stereocenters. The molecule has 0 saturated heterocycles. The summed E-state index contributed by atoms with van der Waals surface area (Å²) in [4.78, 5) is 19.5. The molecule has 0 saturated carbocycles. The molecule has 0 aliphatic heterocycles. The smallest absolute Gasteiger partial charge is 0.230 e. The highest BCUT2D eigenvalue weighted by atomic mass is 32.2. The Hall–Kier alpha value is -1.49. The molecule has 0 radical (unpaired) electrons. The van der Waals surface area contributed by atoms with Crippen molar-refractivity contribution in [1.82, 2.24) is 15.3 Å². The summed E-state index contributed by atoms with van der Waals surface area (Å²) in [6.07, 6.45) is 0. The Morgan fingerprint density at radius 1 is 1.37 bits per heavy atom. The number of nitrogens with one attached hydrogen (secondary N) is 2. The van der Waals surface area contributed by atoms with E-state index in [4.69, 9.17) is 0 Å². The molecule has 19 heavy (non-hydrogen) atoms. The zero-order chi connectivity index (χ0) is 13.8. The van der Waals surface area contributed by atoms with Gasteiger partial charge in [0, 0.05) is 0 Å². The summed E-state index contributed by atoms with van der Waals surface area (Å²) in [6.45, 7) is 6.11. The van der Waals surface area contributed by atoms with Crippen molar-refractivity contribution in [3.05, 3.63) is 30.1 Å². The van der Waals surface area contributed by atoms with Crippen LogP contribution in [0.2, 0.25) is 0 Å². The molecule has 4 nitrogen and oxygen atoms in total. The van der Waals surface area contributed by atoms with Crippen molar-refractivity contribution >= 4 is 28.7 Å². The van der Waals surface area contributed by atoms with Gasteiger partial charge in [-0.05, 0) is 24.3 Å². The first-order valence-electron chi connectivity index (χ1n) is 6.42. The molecule has 1 heterocycles. The van der Waals surface area contributed by atoms with Crippen molar-refractivity contribution in [3.8, 4) is 0 Å². The number of rotatable bonds is 5. The molecule has 0 aliphatic carbocycles. The molecule has 2 rings (SSSR count). The predicted molar refractivity (Wildman–Crippen MR) is 80.2 cm³/mol. The van der Waals surface area contributed by atoms with Gasteiger partial charge in [0.1, 0.15) is 5.82 Å². The number of carbonyl (C=O) groups is 1. The van der Waals surface area contributed by atoms with Crippen molar-refractivity contribution in [2.45, 2.75) is 32.1 Å². The molecular formula is C14H19N3OS. The van der Waals surface area contributed by atoms with E-state index >= 15 is 0 Å². The predicted octanol–water partition coefficient (Wildman–Crippen LogP) is 2.88. The van der Waals surface area contributed by atoms with E-state index in [-0.39, 0.29) is 11.9 Å². The first kappa shape index (κ1) is 13.9. The summed E-state index contributed by atoms with van der Waals surface area (Å²) < 4.78 is 0. The van der Waals surface area contributed by atoms with Crippen LogP contribution < -0.4 is 5.32 Å². The number of aromatic amines is 1. The number of imidazole rings is 1. The SMILES string of the molecule is CC(C)SCC(=O)NC(C)c1nc2ccccc2[nH]1. The van der Waals surface area contributed by atoms with Crippen LogP contribution in [0.4, 0.5) is 0 Å². The average molecular weight is 277 g/mol. The Bertz CT molecular complexity index is 532. The zero-order valence-electron chi connectivity index (χ0n) is 11.4. The Labute approximate surface area is 117 Å². The van der Waals surface area contributed by atoms with Gasteiger partial charge in [-0.3, -0.25) is 4.79 Å². The quantitative estimate of drug-likeness (QED) is 0.883. The van der Waals surface area contributed by atoms with Gasteiger partial charge in [0.05, 0.1) is 22.8 Å². The monoisotopic (exact) mass is 277 g/mol. The number of hydrogen-bond acceptors (Lipinski definition) is 3. The lowest BCUT2D eigenvalue weighted by Gasteiger charge is -2.11. The van der Waals surface area contributed by atoms with Crippen LogP contribution in [-0.4, -0.2) is 26.9 Å². The maximum Gasteiger partial charge on any atom is 0.230 e. The Balaban J connectivity index is 1.99. The largest absolute Gasteiger partial charge is 0.346 e. The minimum atomic E-state index is -0.104. The van der Waals surface area contributed by atoms with Crippen LogP contribution >= 0.6 is 11.8 Å². The number of aromatic nitrogens is 2. The van der Waals surface area contributed by atoms with Gasteiger partial charge in [-0.15, -0.1) is 11.8 Å². The second kappa shape index (κ2) is 6.10. The highest BCUT2D eigenvalue weighted by molar-refractivity contribution is 8.00. The van der Waals surface area contributed by atoms with E-state index in [1.165, 1.54) is 0 Å². The van der Waals surface area contributed by atoms with E-state index in [1.807, 2.05) is 31.2 Å². The Kier molecular flexibility index (Phi) is 4.47. The minimum Gasteiger partial charge on any atom is -0.346 e. The highest BCUT2D eigenvalue weighted by Crippen LogP contribution is 2.16. The van der Waals surface area contributed by atoms with Gasteiger partial charge < -0.3 is 10.3 Å². The fraction of sp³-hybridized carbons (Fsp3) is 0.429. The summed E-state index contributed by atoms with van der Waals surface area (Å²) in [7, 11) is 0. The summed E-state index contributed by atoms with van der Waals surface area (Å²) >= 11 is 1.64. The molecule has 1 aromatic carbocycles. The second-order valence-electron chi connectivity index (χ2n) is 4.79. The normalized spacial score (nSPS) is 12.8. The molecule has 0 fully saturated rings. The third-order valence-corrected chi connectivity index (χ3v) is 3.84. The number of H-pyrrole nitrogens is 1. The number of hydrogen-bond donors (Lipinski definition) is 2. The summed E-state index contributed by atoms with van der Waals surface area (Å²) in [5.74, 6) is 1.33. The van der Waals surface area contributed by atoms with Crippen LogP contribution in [0.3, 0.4) is 0 Å². The first-order valence-corrected chi connectivity index (χ1v) is 7.46. The minimum absolute atomic E-state index is 0.0478. The molecule has 102 valence electrons. The topological polar surface area (TPSA) is 57.8 Å². The fourth-order valence-corrected chi connectivity index (χ4v) is 2.34. The lowest BCUT2D eigenvalue weighted by atomic mass is 10.3. The Morgan fingerprint density at radius 2 is 2.11 bits per heavy atom. The van der Waals surface area contributed by atoms with Gasteiger partial charge in [0.2, 0.25) is 5.91 Å². The third-order valence-electron chi connectivity index (χ3n) is 2.74. The maximum absolute atomic E-state index is 11.8. The molecule has 2 aromatic rings. The number of nitrogens with zero attached hydrogens (tertiary/aromatic N) is 1. The molecule has 2 N–H and O–H groups in total. The molecule has 1 aromatic heterocycles. The van der Waals surface area contributed by atoms with Crippen LogP contribution in [0, 0.1) is 0 Å². The molecule has 0 bridgehead atoms. The van der Waals surface area contributed by atoms with Crippen molar-refractivity contribution in [2.75, 3.05) is 5.75 Å². The van der Waals surface area contributed by atoms with E-state index < -0.39 is 0 Å². The van der Waals surface area contributed by atoms with Gasteiger partial charge in [-0.1, -0.05) is 26.0 Å². The van der Waals surface area contributed by atoms with Crippen molar-refractivity contribution in [3.63, 3.8) is 0 Å². The van der Waals surface area contributed by atoms with Gasteiger partial charge in [-0.2, -0.15) is 0 Å². The third kappa shape index (κ3) is 3.73. The lowest BCUT2D eigenvalue weighted by molar-refractivity contribution is -0.119. The number of benzene rings is 1. The van der Waals surface area contributed by atoms with Crippen LogP contribution in [0.15, 0.2) is 24.3 Å². The van der Waals surface area contributed by atoms with Crippen molar-refractivity contribution in [2.24, 2.45) is 0 Å². The summed E-state index contributed by atoms with van der Waals surface area (Å²) in [6, 6.07) is 7.75. The van der Waals surface area contributed by atoms with E-state index in [0.29, 0.717) is 11.0 Å². The Morgan fingerprint density at radius 3 is 2.79 bits per heavy atom. The van der Waals surface area contributed by atoms with E-state index in [9.17, 15) is 4.79 Å². The number of fused-ring (bicyclic) bond motifs is 1. The standard InChI is InChI=1S/C14H19N3OS/c1-9(2)19-8-13(18)15-10(3)14-16-11-6-4-5-7-12(11)17-14/h4-7,9-10H,8H2,1-3H3,(H,15,18)(H,16,17). The van der Waals surface area contributed by atoms with Gasteiger partial charge in [-0.25, -0.2) is 4.98 Å². The number of para-hydroxylation sites is 2. The van der Waals surface area contributed by atoms with Crippen LogP contribution in [0.25, 0.3) is 11.0 Å². The first-order chi connectivity index (χ1) is 9.06. The number of thioether (sulfide) groups is 1. The van der Waals surface area contributed by atoms with Crippen LogP contribution in [0.1, 0.15) is 32.6 Å². The maximum atomic E-state index is 11.8. The van der Waals surface area contributed by atoms with Crippen molar-refractivity contribution < 1.29 is 4.79 Å². The number of amides is 1. The average Bonchev–Trinajstić information content (AvgIpc) is 2.80. The van der Waals surface area contributed by atoms with Crippen molar-refractivity contribution in [1.29, 1.82) is 0 Å². The molecule has 1 amide bonds. The zero-order valence-corrected chi connectivity index (χ0v) is 12.3. The summed E-state index contributed by atoms with van der Waals surface area (Å²) in [5.41, 5.74) is 1.92. The van der Waals surface area contributed by atoms with E-state index in [2.05, 4.69) is 29.1 Å². The van der Waals surface area contributed by atoms with E-state index in [1.54, 1.807) is 11.8 Å². The van der Waals surface area contributed by atoms with Gasteiger partial charge >= 0.3 is 0 Å². The summed E-state index contributed by atoms with van der Waals surface area (Å²) in [5, 5.41) is 3.42.